The number of likely N-dealkylation sites (tertiary alicyclic amines) is 1. The molecule has 4 aromatic rings. The van der Waals surface area contributed by atoms with E-state index < -0.39 is 0 Å². The molecule has 2 aliphatic rings. The number of carbonyl (C=O) groups is 1. The first kappa shape index (κ1) is 26.7. The number of nitrogens with one attached hydrogen (secondary N) is 1. The normalized spacial score (nSPS) is 15.9. The van der Waals surface area contributed by atoms with Crippen LogP contribution in [0.15, 0.2) is 61.2 Å². The smallest absolute Gasteiger partial charge is 0.246 e. The molecule has 1 amide bonds. The summed E-state index contributed by atoms with van der Waals surface area (Å²) in [6.45, 7) is 4.73. The van der Waals surface area contributed by atoms with Crippen molar-refractivity contribution in [1.29, 1.82) is 0 Å². The number of anilines is 2. The Morgan fingerprint density at radius 2 is 2.00 bits per heavy atom. The number of aromatic nitrogens is 3. The molecule has 2 aliphatic heterocycles. The van der Waals surface area contributed by atoms with E-state index in [-0.39, 0.29) is 12.5 Å². The summed E-state index contributed by atoms with van der Waals surface area (Å²) in [5.74, 6) is 1.46. The summed E-state index contributed by atoms with van der Waals surface area (Å²) in [6, 6.07) is 7.65. The van der Waals surface area contributed by atoms with Gasteiger partial charge in [-0.05, 0) is 62.2 Å². The number of thiophene rings is 1. The zero-order valence-electron chi connectivity index (χ0n) is 22.2. The zero-order chi connectivity index (χ0) is 27.3. The average Bonchev–Trinajstić information content (AvgIpc) is 3.37. The van der Waals surface area contributed by atoms with E-state index >= 15 is 0 Å². The van der Waals surface area contributed by atoms with E-state index in [1.165, 1.54) is 29.7 Å². The number of halogens is 1. The zero-order valence-corrected chi connectivity index (χ0v) is 23.8. The van der Waals surface area contributed by atoms with E-state index in [0.717, 1.165) is 53.3 Å². The number of piperidine rings is 1. The minimum absolute atomic E-state index is 0.0906. The molecule has 206 valence electrons. The first-order valence-electron chi connectivity index (χ1n) is 13.7. The number of hydrogen-bond acceptors (Lipinski definition) is 8. The van der Waals surface area contributed by atoms with Gasteiger partial charge >= 0.3 is 0 Å². The van der Waals surface area contributed by atoms with Gasteiger partial charge in [-0.1, -0.05) is 24.1 Å². The molecule has 1 saturated heterocycles. The number of benzene rings is 1. The van der Waals surface area contributed by atoms with E-state index in [1.807, 2.05) is 41.4 Å². The average molecular weight is 575 g/mol. The predicted octanol–water partition coefficient (Wildman–Crippen LogP) is 5.99. The number of carbonyl (C=O) groups excluding carboxylic acids is 1. The Morgan fingerprint density at radius 1 is 1.10 bits per heavy atom. The van der Waals surface area contributed by atoms with Crippen LogP contribution in [0, 0.1) is 0 Å². The minimum Gasteiger partial charge on any atom is -0.486 e. The molecule has 10 heteroatoms. The molecule has 1 fully saturated rings. The van der Waals surface area contributed by atoms with Crippen LogP contribution in [0.5, 0.6) is 5.75 Å². The first-order chi connectivity index (χ1) is 19.6. The molecule has 1 aromatic carbocycles. The number of hydrogen-bond donors (Lipinski definition) is 1. The van der Waals surface area contributed by atoms with E-state index in [0.29, 0.717) is 23.9 Å². The van der Waals surface area contributed by atoms with Crippen molar-refractivity contribution in [2.24, 2.45) is 0 Å². The Balaban J connectivity index is 1.13. The Hall–Kier alpha value is -3.53. The molecule has 0 radical (unpaired) electrons. The number of rotatable bonds is 8. The number of amides is 1. The quantitative estimate of drug-likeness (QED) is 0.259. The lowest BCUT2D eigenvalue weighted by atomic mass is 10.0. The van der Waals surface area contributed by atoms with Crippen molar-refractivity contribution in [2.45, 2.75) is 38.8 Å². The molecule has 0 spiro atoms. The summed E-state index contributed by atoms with van der Waals surface area (Å²) in [4.78, 5) is 31.5. The van der Waals surface area contributed by atoms with E-state index in [9.17, 15) is 4.79 Å². The lowest BCUT2D eigenvalue weighted by molar-refractivity contribution is -0.126. The second-order valence-electron chi connectivity index (χ2n) is 10.1. The van der Waals surface area contributed by atoms with Crippen LogP contribution < -0.4 is 10.1 Å². The fraction of sp³-hybridized carbons (Fsp3) is 0.333. The molecule has 5 heterocycles. The third-order valence-corrected chi connectivity index (χ3v) is 8.80. The number of fused-ring (bicyclic) bond motifs is 3. The molecular weight excluding hydrogens is 544 g/mol. The molecule has 8 nitrogen and oxygen atoms in total. The van der Waals surface area contributed by atoms with Gasteiger partial charge in [0.25, 0.3) is 0 Å². The molecule has 1 N–H and O–H groups in total. The molecule has 40 heavy (non-hydrogen) atoms. The van der Waals surface area contributed by atoms with Crippen LogP contribution >= 0.6 is 22.9 Å². The summed E-state index contributed by atoms with van der Waals surface area (Å²) >= 11 is 8.27. The van der Waals surface area contributed by atoms with Crippen LogP contribution in [-0.2, 0) is 24.4 Å². The van der Waals surface area contributed by atoms with Crippen molar-refractivity contribution in [3.8, 4) is 5.75 Å². The Morgan fingerprint density at radius 3 is 2.83 bits per heavy atom. The highest BCUT2D eigenvalue weighted by Crippen LogP contribution is 2.39. The van der Waals surface area contributed by atoms with Crippen LogP contribution in [0.4, 0.5) is 11.5 Å². The standard InChI is InChI=1S/C30H31ClN6O2S/c31-24-17-21(6-7-25(24)39-20-22-18-32-11-12-33-22)35-30-29-23-9-16-37(19-27(23)40-26(29)8-10-34-30)28(38)5-4-15-36-13-2-1-3-14-36/h4-8,10-12,17-18H,1-3,9,13-16,19-20H2,(H,34,35)/b5-4+. The maximum Gasteiger partial charge on any atom is 0.246 e. The van der Waals surface area contributed by atoms with Crippen molar-refractivity contribution in [1.82, 2.24) is 24.8 Å². The van der Waals surface area contributed by atoms with Crippen LogP contribution in [0.2, 0.25) is 5.02 Å². The van der Waals surface area contributed by atoms with Crippen LogP contribution in [-0.4, -0.2) is 56.8 Å². The summed E-state index contributed by atoms with van der Waals surface area (Å²) in [5, 5.41) is 5.07. The topological polar surface area (TPSA) is 83.5 Å². The van der Waals surface area contributed by atoms with Gasteiger partial charge in [0, 0.05) is 58.4 Å². The van der Waals surface area contributed by atoms with Gasteiger partial charge in [-0.3, -0.25) is 19.7 Å². The van der Waals surface area contributed by atoms with Gasteiger partial charge in [0.05, 0.1) is 23.5 Å². The summed E-state index contributed by atoms with van der Waals surface area (Å²) in [6.07, 6.45) is 15.2. The van der Waals surface area contributed by atoms with Gasteiger partial charge in [-0.15, -0.1) is 11.3 Å². The highest BCUT2D eigenvalue weighted by Gasteiger charge is 2.25. The number of ether oxygens (including phenoxy) is 1. The molecule has 0 bridgehead atoms. The Bertz CT molecular complexity index is 1520. The predicted molar refractivity (Wildman–Crippen MR) is 159 cm³/mol. The highest BCUT2D eigenvalue weighted by atomic mass is 35.5. The molecular formula is C30H31ClN6O2S. The van der Waals surface area contributed by atoms with Crippen molar-refractivity contribution in [3.05, 3.63) is 82.4 Å². The summed E-state index contributed by atoms with van der Waals surface area (Å²) in [7, 11) is 0. The van der Waals surface area contributed by atoms with Gasteiger partial charge in [-0.25, -0.2) is 4.98 Å². The molecule has 0 saturated carbocycles. The minimum atomic E-state index is 0.0906. The second-order valence-corrected chi connectivity index (χ2v) is 11.6. The van der Waals surface area contributed by atoms with E-state index in [4.69, 9.17) is 16.3 Å². The van der Waals surface area contributed by atoms with Crippen molar-refractivity contribution in [2.75, 3.05) is 31.5 Å². The fourth-order valence-corrected chi connectivity index (χ4v) is 6.77. The molecule has 0 aliphatic carbocycles. The van der Waals surface area contributed by atoms with Gasteiger partial charge in [0.1, 0.15) is 18.2 Å². The van der Waals surface area contributed by atoms with Crippen molar-refractivity contribution < 1.29 is 9.53 Å². The van der Waals surface area contributed by atoms with Crippen LogP contribution in [0.1, 0.15) is 35.4 Å². The lowest BCUT2D eigenvalue weighted by Gasteiger charge is -2.27. The van der Waals surface area contributed by atoms with Crippen LogP contribution in [0.25, 0.3) is 10.1 Å². The molecule has 0 atom stereocenters. The van der Waals surface area contributed by atoms with E-state index in [1.54, 1.807) is 36.0 Å². The van der Waals surface area contributed by atoms with Gasteiger partial charge in [-0.2, -0.15) is 0 Å². The molecule has 3 aromatic heterocycles. The summed E-state index contributed by atoms with van der Waals surface area (Å²) in [5.41, 5.74) is 2.82. The first-order valence-corrected chi connectivity index (χ1v) is 14.8. The SMILES string of the molecule is O=C(/C=C/CN1CCCCC1)N1CCc2c(sc3ccnc(Nc4ccc(OCc5cnccn5)c(Cl)c4)c23)C1. The lowest BCUT2D eigenvalue weighted by Crippen LogP contribution is -2.34. The van der Waals surface area contributed by atoms with Gasteiger partial charge in [0.15, 0.2) is 0 Å². The van der Waals surface area contributed by atoms with Crippen molar-refractivity contribution >= 4 is 50.4 Å². The Labute approximate surface area is 242 Å². The van der Waals surface area contributed by atoms with E-state index in [2.05, 4.69) is 25.2 Å². The van der Waals surface area contributed by atoms with Gasteiger partial charge in [0.2, 0.25) is 5.91 Å². The third-order valence-electron chi connectivity index (χ3n) is 7.32. The van der Waals surface area contributed by atoms with Gasteiger partial charge < -0.3 is 15.0 Å². The number of nitrogens with zero attached hydrogens (tertiary/aromatic N) is 5. The molecule has 6 rings (SSSR count). The second kappa shape index (κ2) is 12.3. The number of pyridine rings is 1. The maximum atomic E-state index is 12.9. The largest absolute Gasteiger partial charge is 0.486 e. The molecule has 0 unspecified atom stereocenters. The highest BCUT2D eigenvalue weighted by molar-refractivity contribution is 7.19. The maximum absolute atomic E-state index is 12.9. The summed E-state index contributed by atoms with van der Waals surface area (Å²) < 4.78 is 6.99. The fourth-order valence-electron chi connectivity index (χ4n) is 5.27. The Kier molecular flexibility index (Phi) is 8.22. The van der Waals surface area contributed by atoms with Crippen LogP contribution in [0.3, 0.4) is 0 Å². The van der Waals surface area contributed by atoms with Crippen molar-refractivity contribution in [3.63, 3.8) is 0 Å². The third kappa shape index (κ3) is 6.11. The monoisotopic (exact) mass is 574 g/mol.